The quantitative estimate of drug-likeness (QED) is 0.0682. The zero-order valence-electron chi connectivity index (χ0n) is 28.2. The van der Waals surface area contributed by atoms with E-state index in [9.17, 15) is 0 Å². The number of halogens is 2. The Morgan fingerprint density at radius 1 is 0.630 bits per heavy atom. The first-order chi connectivity index (χ1) is 21.9. The molecule has 8 N–H and O–H groups in total. The number of nitrogens with zero attached hydrogens (tertiary/aromatic N) is 4. The number of allylic oxidation sites excluding steroid dienone is 2. The molecule has 0 saturated carbocycles. The fourth-order valence-corrected chi connectivity index (χ4v) is 5.70. The van der Waals surface area contributed by atoms with Crippen LogP contribution in [0, 0.1) is 0 Å². The average Bonchev–Trinajstić information content (AvgIpc) is 2.99. The van der Waals surface area contributed by atoms with Crippen LogP contribution in [0.5, 0.6) is 11.5 Å². The van der Waals surface area contributed by atoms with Crippen molar-refractivity contribution in [2.75, 3.05) is 67.6 Å². The maximum Gasteiger partial charge on any atom is 0.133 e. The summed E-state index contributed by atoms with van der Waals surface area (Å²) in [7, 11) is 8.25. The molecule has 0 aliphatic carbocycles. The molecule has 0 bridgehead atoms. The summed E-state index contributed by atoms with van der Waals surface area (Å²) in [5.41, 5.74) is 16.3. The molecule has 0 atom stereocenters. The largest absolute Gasteiger partial charge is 0.492 e. The summed E-state index contributed by atoms with van der Waals surface area (Å²) >= 11 is 7.25. The van der Waals surface area contributed by atoms with Crippen molar-refractivity contribution >= 4 is 31.9 Å². The van der Waals surface area contributed by atoms with E-state index in [1.54, 1.807) is 10.0 Å². The third-order valence-electron chi connectivity index (χ3n) is 7.17. The summed E-state index contributed by atoms with van der Waals surface area (Å²) in [4.78, 5) is 4.30. The van der Waals surface area contributed by atoms with Gasteiger partial charge in [-0.05, 0) is 147 Å². The van der Waals surface area contributed by atoms with Crippen molar-refractivity contribution in [2.45, 2.75) is 51.4 Å². The first kappa shape index (κ1) is 39.7. The number of hydrazine groups is 2. The van der Waals surface area contributed by atoms with Gasteiger partial charge in [0.1, 0.15) is 11.5 Å². The second-order valence-electron chi connectivity index (χ2n) is 12.1. The molecule has 0 aliphatic rings. The van der Waals surface area contributed by atoms with Crippen molar-refractivity contribution in [3.8, 4) is 11.5 Å². The number of hydrogen-bond acceptors (Lipinski definition) is 10. The maximum atomic E-state index is 6.24. The van der Waals surface area contributed by atoms with Crippen molar-refractivity contribution in [3.05, 3.63) is 80.3 Å². The Morgan fingerprint density at radius 3 is 1.37 bits per heavy atom. The molecule has 258 valence electrons. The van der Waals surface area contributed by atoms with Crippen molar-refractivity contribution in [1.29, 1.82) is 0 Å². The topological polar surface area (TPSA) is 136 Å². The van der Waals surface area contributed by atoms with E-state index in [0.29, 0.717) is 26.3 Å². The lowest BCUT2D eigenvalue weighted by molar-refractivity contribution is 0.280. The van der Waals surface area contributed by atoms with E-state index in [4.69, 9.17) is 32.6 Å². The van der Waals surface area contributed by atoms with Gasteiger partial charge >= 0.3 is 0 Å². The van der Waals surface area contributed by atoms with Gasteiger partial charge in [0, 0.05) is 50.0 Å². The summed E-state index contributed by atoms with van der Waals surface area (Å²) < 4.78 is 13.7. The monoisotopic (exact) mass is 766 g/mol. The van der Waals surface area contributed by atoms with Crippen LogP contribution in [-0.2, 0) is 12.8 Å². The van der Waals surface area contributed by atoms with Crippen molar-refractivity contribution in [3.63, 3.8) is 0 Å². The van der Waals surface area contributed by atoms with Crippen LogP contribution < -0.4 is 32.6 Å². The Bertz CT molecular complexity index is 1130. The van der Waals surface area contributed by atoms with Gasteiger partial charge in [0.25, 0.3) is 0 Å². The number of hydrogen-bond donors (Lipinski definition) is 4. The van der Waals surface area contributed by atoms with Crippen LogP contribution in [-0.4, -0.2) is 87.4 Å². The van der Waals surface area contributed by atoms with Crippen LogP contribution in [0.2, 0.25) is 0 Å². The molecule has 2 aromatic carbocycles. The Balaban J connectivity index is 1.64. The highest BCUT2D eigenvalue weighted by molar-refractivity contribution is 9.10. The molecular formula is C34H56Br2N8O2. The summed E-state index contributed by atoms with van der Waals surface area (Å²) in [5, 5.41) is 3.31. The summed E-state index contributed by atoms with van der Waals surface area (Å²) in [5.74, 6) is 14.1. The predicted octanol–water partition coefficient (Wildman–Crippen LogP) is 5.17. The number of rotatable bonds is 23. The Labute approximate surface area is 293 Å². The van der Waals surface area contributed by atoms with Gasteiger partial charge in [-0.3, -0.25) is 0 Å². The first-order valence-corrected chi connectivity index (χ1v) is 17.6. The molecule has 2 rings (SSSR count). The molecule has 0 spiro atoms. The van der Waals surface area contributed by atoms with E-state index in [0.717, 1.165) is 96.3 Å². The van der Waals surface area contributed by atoms with Gasteiger partial charge in [0.2, 0.25) is 0 Å². The number of benzene rings is 2. The lowest BCUT2D eigenvalue weighted by Crippen LogP contribution is -2.29. The number of nitrogens with two attached hydrogens (primary N) is 4. The Kier molecular flexibility index (Phi) is 19.1. The van der Waals surface area contributed by atoms with E-state index in [2.05, 4.69) is 94.1 Å². The third-order valence-corrected chi connectivity index (χ3v) is 8.41. The van der Waals surface area contributed by atoms with Gasteiger partial charge in [-0.15, -0.1) is 0 Å². The lowest BCUT2D eigenvalue weighted by atomic mass is 10.1. The predicted molar refractivity (Wildman–Crippen MR) is 198 cm³/mol. The Morgan fingerprint density at radius 2 is 1.02 bits per heavy atom. The highest BCUT2D eigenvalue weighted by Gasteiger charge is 2.07. The van der Waals surface area contributed by atoms with Gasteiger partial charge in [0.15, 0.2) is 0 Å². The second-order valence-corrected chi connectivity index (χ2v) is 13.8. The molecule has 0 aromatic heterocycles. The first-order valence-electron chi connectivity index (χ1n) is 16.0. The van der Waals surface area contributed by atoms with Gasteiger partial charge < -0.3 is 40.8 Å². The lowest BCUT2D eigenvalue weighted by Gasteiger charge is -2.16. The third kappa shape index (κ3) is 17.4. The van der Waals surface area contributed by atoms with E-state index in [1.165, 1.54) is 11.1 Å². The minimum atomic E-state index is 0.657. The van der Waals surface area contributed by atoms with Crippen LogP contribution >= 0.6 is 31.9 Å². The summed E-state index contributed by atoms with van der Waals surface area (Å²) in [6, 6.07) is 12.3. The zero-order chi connectivity index (χ0) is 33.9. The van der Waals surface area contributed by atoms with Crippen LogP contribution in [0.3, 0.4) is 0 Å². The van der Waals surface area contributed by atoms with Crippen LogP contribution in [0.25, 0.3) is 0 Å². The molecule has 0 fully saturated rings. The van der Waals surface area contributed by atoms with Crippen molar-refractivity contribution < 1.29 is 9.47 Å². The molecule has 0 heterocycles. The molecule has 0 aliphatic heterocycles. The minimum Gasteiger partial charge on any atom is -0.492 e. The smallest absolute Gasteiger partial charge is 0.133 e. The fourth-order valence-electron chi connectivity index (χ4n) is 4.62. The van der Waals surface area contributed by atoms with Crippen LogP contribution in [0.15, 0.2) is 69.1 Å². The molecular weight excluding hydrogens is 712 g/mol. The SMILES string of the molecule is CN(C)CCCOc1ccc(CCN(N)/C=C(\N)CCCC/C(N)=C/N(N)CCc2ccc(OCCCN(C)C)c(Br)c2)cc1Br. The van der Waals surface area contributed by atoms with Gasteiger partial charge in [0.05, 0.1) is 22.2 Å². The molecule has 0 amide bonds. The van der Waals surface area contributed by atoms with Crippen LogP contribution in [0.1, 0.15) is 49.7 Å². The van der Waals surface area contributed by atoms with E-state index >= 15 is 0 Å². The standard InChI is InChI=1S/C34H56Br2N8O2/c1-41(2)17-7-21-45-33-13-11-27(23-31(33)35)15-19-43(39)25-29(37)9-5-6-10-30(38)26-44(40)20-16-28-12-14-34(32(36)24-28)46-22-8-18-42(3)4/h11-14,23-26H,5-10,15-22,37-40H2,1-4H3/b29-25-,30-26-. The van der Waals surface area contributed by atoms with E-state index < -0.39 is 0 Å². The molecule has 0 radical (unpaired) electrons. The molecule has 0 saturated heterocycles. The van der Waals surface area contributed by atoms with Gasteiger partial charge in [-0.25, -0.2) is 11.7 Å². The minimum absolute atomic E-state index is 0.657. The number of ether oxygens (including phenoxy) is 2. The van der Waals surface area contributed by atoms with Crippen molar-refractivity contribution in [2.24, 2.45) is 23.2 Å². The zero-order valence-corrected chi connectivity index (χ0v) is 31.4. The highest BCUT2D eigenvalue weighted by Crippen LogP contribution is 2.27. The molecule has 2 aromatic rings. The van der Waals surface area contributed by atoms with E-state index in [1.807, 2.05) is 24.5 Å². The van der Waals surface area contributed by atoms with Crippen molar-refractivity contribution in [1.82, 2.24) is 19.8 Å². The molecule has 46 heavy (non-hydrogen) atoms. The molecule has 10 nitrogen and oxygen atoms in total. The number of unbranched alkanes of at least 4 members (excludes halogenated alkanes) is 1. The normalized spacial score (nSPS) is 12.2. The van der Waals surface area contributed by atoms with E-state index in [-0.39, 0.29) is 0 Å². The Hall–Kier alpha value is -2.48. The molecule has 0 unspecified atom stereocenters. The molecule has 12 heteroatoms. The fraction of sp³-hybridized carbons (Fsp3) is 0.529. The summed E-state index contributed by atoms with van der Waals surface area (Å²) in [6.45, 7) is 4.69. The average molecular weight is 769 g/mol. The highest BCUT2D eigenvalue weighted by atomic mass is 79.9. The summed E-state index contributed by atoms with van der Waals surface area (Å²) in [6.07, 6.45) is 10.5. The van der Waals surface area contributed by atoms with Crippen LogP contribution in [0.4, 0.5) is 0 Å². The maximum absolute atomic E-state index is 6.24. The second kappa shape index (κ2) is 22.2. The van der Waals surface area contributed by atoms with Gasteiger partial charge in [-0.1, -0.05) is 12.1 Å². The van der Waals surface area contributed by atoms with Gasteiger partial charge in [-0.2, -0.15) is 0 Å².